The van der Waals surface area contributed by atoms with E-state index in [4.69, 9.17) is 16.3 Å². The molecular weight excluding hydrogens is 382 g/mol. The Hall–Kier alpha value is -1.83. The number of carbonyl (C=O) groups excluding carboxylic acids is 2. The van der Waals surface area contributed by atoms with E-state index in [0.29, 0.717) is 30.5 Å². The van der Waals surface area contributed by atoms with Gasteiger partial charge in [0.2, 0.25) is 11.8 Å². The Balaban J connectivity index is 1.59. The van der Waals surface area contributed by atoms with Gasteiger partial charge in [0.05, 0.1) is 12.6 Å². The number of benzene rings is 1. The summed E-state index contributed by atoms with van der Waals surface area (Å²) in [6.07, 6.45) is 0.973. The van der Waals surface area contributed by atoms with Crippen LogP contribution in [-0.2, 0) is 9.59 Å². The van der Waals surface area contributed by atoms with Crippen LogP contribution in [0.3, 0.4) is 0 Å². The van der Waals surface area contributed by atoms with Gasteiger partial charge >= 0.3 is 0 Å². The fourth-order valence-electron chi connectivity index (χ4n) is 4.28. The number of aliphatic hydroxyl groups excluding tert-OH is 1. The Kier molecular flexibility index (Phi) is 6.17. The predicted molar refractivity (Wildman–Crippen MR) is 106 cm³/mol. The van der Waals surface area contributed by atoms with Gasteiger partial charge < -0.3 is 20.1 Å². The summed E-state index contributed by atoms with van der Waals surface area (Å²) in [5.74, 6) is 0.541. The zero-order chi connectivity index (χ0) is 20.5. The number of piperidine rings is 1. The second kappa shape index (κ2) is 8.27. The molecule has 2 aliphatic rings. The molecule has 7 nitrogen and oxygen atoms in total. The highest BCUT2D eigenvalue weighted by molar-refractivity contribution is 6.30. The number of nitrogens with one attached hydrogen (secondary N) is 2. The molecule has 8 heteroatoms. The van der Waals surface area contributed by atoms with Gasteiger partial charge in [-0.25, -0.2) is 0 Å². The summed E-state index contributed by atoms with van der Waals surface area (Å²) in [5.41, 5.74) is 0.184. The van der Waals surface area contributed by atoms with Gasteiger partial charge in [0.15, 0.2) is 6.35 Å². The highest BCUT2D eigenvalue weighted by Gasteiger charge is 2.44. The minimum absolute atomic E-state index is 0.0405. The summed E-state index contributed by atoms with van der Waals surface area (Å²) in [6, 6.07) is 5.70. The van der Waals surface area contributed by atoms with Crippen molar-refractivity contribution in [3.8, 4) is 5.75 Å². The van der Waals surface area contributed by atoms with Crippen molar-refractivity contribution < 1.29 is 19.4 Å². The average molecular weight is 410 g/mol. The van der Waals surface area contributed by atoms with Crippen LogP contribution in [0.2, 0.25) is 5.02 Å². The maximum absolute atomic E-state index is 12.9. The highest BCUT2D eigenvalue weighted by Crippen LogP contribution is 2.36. The molecule has 2 fully saturated rings. The highest BCUT2D eigenvalue weighted by atomic mass is 35.5. The van der Waals surface area contributed by atoms with Crippen molar-refractivity contribution in [3.63, 3.8) is 0 Å². The molecule has 2 aliphatic heterocycles. The number of halogens is 1. The Morgan fingerprint density at radius 3 is 2.68 bits per heavy atom. The number of nitrogens with zero attached hydrogens (tertiary/aromatic N) is 1. The van der Waals surface area contributed by atoms with E-state index in [1.165, 1.54) is 0 Å². The van der Waals surface area contributed by atoms with E-state index in [0.717, 1.165) is 24.2 Å². The van der Waals surface area contributed by atoms with Crippen LogP contribution in [0.25, 0.3) is 0 Å². The largest absolute Gasteiger partial charge is 0.496 e. The first-order chi connectivity index (χ1) is 13.2. The molecule has 0 aliphatic carbocycles. The zero-order valence-corrected chi connectivity index (χ0v) is 17.3. The smallest absolute Gasteiger partial charge is 0.243 e. The number of methoxy groups -OCH3 is 1. The first kappa shape index (κ1) is 20.9. The van der Waals surface area contributed by atoms with Crippen LogP contribution < -0.4 is 15.4 Å². The number of hydrogen-bond acceptors (Lipinski definition) is 5. The van der Waals surface area contributed by atoms with Crippen molar-refractivity contribution in [2.45, 2.75) is 50.9 Å². The first-order valence-corrected chi connectivity index (χ1v) is 10.0. The second-order valence-electron chi connectivity index (χ2n) is 7.94. The topological polar surface area (TPSA) is 90.9 Å². The fourth-order valence-corrected chi connectivity index (χ4v) is 4.45. The number of rotatable bonds is 5. The summed E-state index contributed by atoms with van der Waals surface area (Å²) >= 11 is 6.05. The van der Waals surface area contributed by atoms with Gasteiger partial charge in [0, 0.05) is 24.0 Å². The summed E-state index contributed by atoms with van der Waals surface area (Å²) in [7, 11) is 1.64. The second-order valence-corrected chi connectivity index (χ2v) is 8.38. The first-order valence-electron chi connectivity index (χ1n) is 9.62. The van der Waals surface area contributed by atoms with Crippen molar-refractivity contribution in [2.24, 2.45) is 5.92 Å². The Labute approximate surface area is 170 Å². The Morgan fingerprint density at radius 1 is 1.43 bits per heavy atom. The van der Waals surface area contributed by atoms with E-state index in [2.05, 4.69) is 10.6 Å². The lowest BCUT2D eigenvalue weighted by molar-refractivity contribution is -0.137. The molecule has 2 saturated heterocycles. The van der Waals surface area contributed by atoms with E-state index >= 15 is 0 Å². The monoisotopic (exact) mass is 409 g/mol. The summed E-state index contributed by atoms with van der Waals surface area (Å²) in [5, 5.41) is 15.5. The quantitative estimate of drug-likeness (QED) is 0.690. The van der Waals surface area contributed by atoms with Crippen molar-refractivity contribution >= 4 is 23.4 Å². The maximum Gasteiger partial charge on any atom is 0.243 e. The van der Waals surface area contributed by atoms with Gasteiger partial charge in [-0.05, 0) is 49.8 Å². The molecule has 0 spiro atoms. The van der Waals surface area contributed by atoms with Crippen LogP contribution in [0.5, 0.6) is 5.75 Å². The van der Waals surface area contributed by atoms with Crippen molar-refractivity contribution in [1.82, 2.24) is 15.5 Å². The fraction of sp³-hybridized carbons (Fsp3) is 0.600. The van der Waals surface area contributed by atoms with E-state index in [-0.39, 0.29) is 17.7 Å². The number of carbonyl (C=O) groups is 2. The van der Waals surface area contributed by atoms with Crippen LogP contribution >= 0.6 is 11.6 Å². The van der Waals surface area contributed by atoms with E-state index in [1.807, 2.05) is 30.0 Å². The normalized spacial score (nSPS) is 26.8. The zero-order valence-electron chi connectivity index (χ0n) is 16.5. The number of ether oxygens (including phenoxy) is 1. The number of aliphatic hydroxyl groups is 1. The van der Waals surface area contributed by atoms with Gasteiger partial charge in [0.25, 0.3) is 0 Å². The molecule has 1 unspecified atom stereocenters. The summed E-state index contributed by atoms with van der Waals surface area (Å²) in [6.45, 7) is 4.88. The van der Waals surface area contributed by atoms with E-state index in [9.17, 15) is 14.7 Å². The molecule has 3 rings (SSSR count). The predicted octanol–water partition coefficient (Wildman–Crippen LogP) is 1.83. The molecule has 2 heterocycles. The summed E-state index contributed by atoms with van der Waals surface area (Å²) < 4.78 is 5.47. The lowest BCUT2D eigenvalue weighted by atomic mass is 9.86. The van der Waals surface area contributed by atoms with Gasteiger partial charge in [0.1, 0.15) is 5.75 Å². The van der Waals surface area contributed by atoms with Crippen LogP contribution in [0.15, 0.2) is 18.2 Å². The molecule has 0 radical (unpaired) electrons. The molecule has 0 aromatic heterocycles. The van der Waals surface area contributed by atoms with Crippen LogP contribution in [0.4, 0.5) is 0 Å². The Bertz CT molecular complexity index is 751. The number of likely N-dealkylation sites (tertiary alicyclic amines) is 1. The minimum atomic E-state index is -1.06. The molecule has 154 valence electrons. The van der Waals surface area contributed by atoms with E-state index in [1.54, 1.807) is 14.0 Å². The molecule has 0 bridgehead atoms. The standard InChI is InChI=1S/C20H28ClN3O4/c1-12(11-20(2)18(26)22-19(27)23-20)17(25)24-8-6-13(7-9-24)15-5-4-14(21)10-16(15)28-3/h4-5,10,12-13,19,23,27H,6-9,11H2,1-3H3,(H,22,26)/t12-,19?,20+/m0/s1. The third-order valence-corrected chi connectivity index (χ3v) is 6.04. The molecule has 2 amide bonds. The third kappa shape index (κ3) is 4.26. The molecule has 0 saturated carbocycles. The lowest BCUT2D eigenvalue weighted by Gasteiger charge is -2.35. The van der Waals surface area contributed by atoms with Crippen LogP contribution in [0, 0.1) is 5.92 Å². The molecule has 3 N–H and O–H groups in total. The number of hydrogen-bond donors (Lipinski definition) is 3. The molecular formula is C20H28ClN3O4. The van der Waals surface area contributed by atoms with Crippen LogP contribution in [-0.4, -0.2) is 53.9 Å². The van der Waals surface area contributed by atoms with Crippen molar-refractivity contribution in [3.05, 3.63) is 28.8 Å². The van der Waals surface area contributed by atoms with Gasteiger partial charge in [-0.15, -0.1) is 0 Å². The lowest BCUT2D eigenvalue weighted by Crippen LogP contribution is -2.49. The summed E-state index contributed by atoms with van der Waals surface area (Å²) in [4.78, 5) is 26.8. The van der Waals surface area contributed by atoms with Gasteiger partial charge in [-0.3, -0.25) is 14.9 Å². The van der Waals surface area contributed by atoms with E-state index < -0.39 is 11.9 Å². The minimum Gasteiger partial charge on any atom is -0.496 e. The van der Waals surface area contributed by atoms with Gasteiger partial charge in [-0.1, -0.05) is 24.6 Å². The van der Waals surface area contributed by atoms with Crippen molar-refractivity contribution in [1.29, 1.82) is 0 Å². The molecule has 28 heavy (non-hydrogen) atoms. The molecule has 3 atom stereocenters. The Morgan fingerprint density at radius 2 is 2.11 bits per heavy atom. The van der Waals surface area contributed by atoms with Crippen molar-refractivity contribution in [2.75, 3.05) is 20.2 Å². The SMILES string of the molecule is COc1cc(Cl)ccc1C1CCN(C(=O)[C@@H](C)C[C@@]2(C)NC(O)NC2=O)CC1. The molecule has 1 aromatic carbocycles. The maximum atomic E-state index is 12.9. The molecule has 1 aromatic rings. The van der Waals surface area contributed by atoms with Gasteiger partial charge in [-0.2, -0.15) is 0 Å². The number of amides is 2. The van der Waals surface area contributed by atoms with Crippen LogP contribution in [0.1, 0.15) is 44.6 Å². The average Bonchev–Trinajstić information content (AvgIpc) is 2.92. The third-order valence-electron chi connectivity index (χ3n) is 5.80.